The van der Waals surface area contributed by atoms with Gasteiger partial charge in [-0.15, -0.1) is 0 Å². The first-order chi connectivity index (χ1) is 11.3. The molecule has 0 unspecified atom stereocenters. The lowest BCUT2D eigenvalue weighted by Crippen LogP contribution is -2.53. The van der Waals surface area contributed by atoms with Crippen LogP contribution in [-0.2, 0) is 17.3 Å². The molecule has 0 N–H and O–H groups in total. The van der Waals surface area contributed by atoms with Crippen molar-refractivity contribution in [2.75, 3.05) is 40.3 Å². The number of imidazole rings is 1. The fourth-order valence-corrected chi connectivity index (χ4v) is 3.89. The van der Waals surface area contributed by atoms with Gasteiger partial charge >= 0.3 is 0 Å². The highest BCUT2D eigenvalue weighted by molar-refractivity contribution is 7.86. The molecule has 0 atom stereocenters. The highest BCUT2D eigenvalue weighted by Crippen LogP contribution is 2.17. The standard InChI is InChI=1S/C15H21N5O3S/c1-17(2)24(22,23)20-8-6-19(7-9-20)15(21)12-4-5-14-13(10-12)16-11-18(14)3/h4-5,10-11H,6-9H2,1-3H3. The Hall–Kier alpha value is -1.97. The van der Waals surface area contributed by atoms with Gasteiger partial charge in [0.25, 0.3) is 16.1 Å². The largest absolute Gasteiger partial charge is 0.336 e. The van der Waals surface area contributed by atoms with Gasteiger partial charge in [0, 0.05) is 52.9 Å². The van der Waals surface area contributed by atoms with Crippen molar-refractivity contribution >= 4 is 27.1 Å². The second kappa shape index (κ2) is 6.15. The molecule has 1 saturated heterocycles. The van der Waals surface area contributed by atoms with E-state index in [1.165, 1.54) is 22.7 Å². The number of aryl methyl sites for hydroxylation is 1. The molecule has 1 amide bonds. The number of amides is 1. The summed E-state index contributed by atoms with van der Waals surface area (Å²) in [5.74, 6) is -0.0931. The smallest absolute Gasteiger partial charge is 0.281 e. The molecular weight excluding hydrogens is 330 g/mol. The van der Waals surface area contributed by atoms with Crippen molar-refractivity contribution in [3.05, 3.63) is 30.1 Å². The second-order valence-electron chi connectivity index (χ2n) is 6.04. The summed E-state index contributed by atoms with van der Waals surface area (Å²) in [4.78, 5) is 18.6. The fourth-order valence-electron chi connectivity index (χ4n) is 2.80. The van der Waals surface area contributed by atoms with Crippen LogP contribution in [0.1, 0.15) is 10.4 Å². The van der Waals surface area contributed by atoms with E-state index in [0.29, 0.717) is 31.7 Å². The third kappa shape index (κ3) is 2.90. The third-order valence-electron chi connectivity index (χ3n) is 4.29. The highest BCUT2D eigenvalue weighted by Gasteiger charge is 2.30. The van der Waals surface area contributed by atoms with Crippen LogP contribution in [0.4, 0.5) is 0 Å². The van der Waals surface area contributed by atoms with Crippen LogP contribution in [-0.4, -0.2) is 77.7 Å². The Morgan fingerprint density at radius 1 is 1.17 bits per heavy atom. The van der Waals surface area contributed by atoms with Crippen LogP contribution in [0.25, 0.3) is 11.0 Å². The first-order valence-electron chi connectivity index (χ1n) is 7.68. The van der Waals surface area contributed by atoms with Crippen molar-refractivity contribution in [1.29, 1.82) is 0 Å². The molecule has 0 aliphatic carbocycles. The van der Waals surface area contributed by atoms with E-state index >= 15 is 0 Å². The zero-order chi connectivity index (χ0) is 17.5. The van der Waals surface area contributed by atoms with Gasteiger partial charge < -0.3 is 9.47 Å². The number of fused-ring (bicyclic) bond motifs is 1. The Morgan fingerprint density at radius 2 is 1.83 bits per heavy atom. The van der Waals surface area contributed by atoms with Crippen molar-refractivity contribution in [1.82, 2.24) is 23.1 Å². The van der Waals surface area contributed by atoms with Crippen LogP contribution in [0, 0.1) is 0 Å². The maximum absolute atomic E-state index is 12.7. The third-order valence-corrected chi connectivity index (χ3v) is 6.23. The number of aromatic nitrogens is 2. The molecule has 2 heterocycles. The molecule has 0 radical (unpaired) electrons. The molecule has 24 heavy (non-hydrogen) atoms. The lowest BCUT2D eigenvalue weighted by molar-refractivity contribution is 0.0695. The predicted octanol–water partition coefficient (Wildman–Crippen LogP) is 0.138. The molecule has 0 bridgehead atoms. The lowest BCUT2D eigenvalue weighted by Gasteiger charge is -2.35. The molecule has 1 fully saturated rings. The highest BCUT2D eigenvalue weighted by atomic mass is 32.2. The summed E-state index contributed by atoms with van der Waals surface area (Å²) in [6.45, 7) is 1.37. The molecule has 130 valence electrons. The lowest BCUT2D eigenvalue weighted by atomic mass is 10.1. The van der Waals surface area contributed by atoms with Crippen LogP contribution in [0.5, 0.6) is 0 Å². The van der Waals surface area contributed by atoms with E-state index in [4.69, 9.17) is 0 Å². The number of carbonyl (C=O) groups is 1. The van der Waals surface area contributed by atoms with E-state index in [0.717, 1.165) is 11.0 Å². The summed E-state index contributed by atoms with van der Waals surface area (Å²) in [5, 5.41) is 0. The first-order valence-corrected chi connectivity index (χ1v) is 9.08. The Morgan fingerprint density at radius 3 is 2.46 bits per heavy atom. The fraction of sp³-hybridized carbons (Fsp3) is 0.467. The average molecular weight is 351 g/mol. The van der Waals surface area contributed by atoms with E-state index < -0.39 is 10.2 Å². The summed E-state index contributed by atoms with van der Waals surface area (Å²) in [5.41, 5.74) is 2.32. The molecule has 1 aromatic heterocycles. The SMILES string of the molecule is CN(C)S(=O)(=O)N1CCN(C(=O)c2ccc3c(c2)ncn3C)CC1. The van der Waals surface area contributed by atoms with Gasteiger partial charge in [-0.05, 0) is 18.2 Å². The number of hydrogen-bond acceptors (Lipinski definition) is 4. The molecule has 1 aliphatic rings. The van der Waals surface area contributed by atoms with Gasteiger partial charge in [0.2, 0.25) is 0 Å². The van der Waals surface area contributed by atoms with Gasteiger partial charge in [-0.1, -0.05) is 0 Å². The quantitative estimate of drug-likeness (QED) is 0.788. The molecule has 9 heteroatoms. The van der Waals surface area contributed by atoms with Gasteiger partial charge in [-0.25, -0.2) is 4.98 Å². The molecule has 2 aromatic rings. The maximum atomic E-state index is 12.7. The number of benzene rings is 1. The van der Waals surface area contributed by atoms with Crippen LogP contribution < -0.4 is 0 Å². The predicted molar refractivity (Wildman–Crippen MR) is 90.8 cm³/mol. The van der Waals surface area contributed by atoms with Crippen molar-refractivity contribution in [3.8, 4) is 0 Å². The molecule has 0 saturated carbocycles. The molecule has 3 rings (SSSR count). The average Bonchev–Trinajstić information content (AvgIpc) is 2.95. The Labute approximate surface area is 141 Å². The minimum absolute atomic E-state index is 0.0931. The van der Waals surface area contributed by atoms with Crippen molar-refractivity contribution in [3.63, 3.8) is 0 Å². The number of rotatable bonds is 3. The number of nitrogens with zero attached hydrogens (tertiary/aromatic N) is 5. The zero-order valence-electron chi connectivity index (χ0n) is 14.0. The van der Waals surface area contributed by atoms with Gasteiger partial charge in [0.05, 0.1) is 17.4 Å². The van der Waals surface area contributed by atoms with E-state index in [2.05, 4.69) is 4.98 Å². The van der Waals surface area contributed by atoms with Crippen molar-refractivity contribution < 1.29 is 13.2 Å². The van der Waals surface area contributed by atoms with Crippen molar-refractivity contribution in [2.24, 2.45) is 7.05 Å². The summed E-state index contributed by atoms with van der Waals surface area (Å²) < 4.78 is 28.7. The minimum atomic E-state index is -3.42. The minimum Gasteiger partial charge on any atom is -0.336 e. The van der Waals surface area contributed by atoms with Crippen LogP contribution in [0.3, 0.4) is 0 Å². The Kier molecular flexibility index (Phi) is 4.33. The number of carbonyl (C=O) groups excluding carboxylic acids is 1. The van der Waals surface area contributed by atoms with E-state index in [9.17, 15) is 13.2 Å². The number of hydrogen-bond donors (Lipinski definition) is 0. The molecular formula is C15H21N5O3S. The van der Waals surface area contributed by atoms with Gasteiger partial charge in [-0.3, -0.25) is 4.79 Å². The first kappa shape index (κ1) is 16.9. The number of piperazine rings is 1. The Bertz CT molecular complexity index is 866. The summed E-state index contributed by atoms with van der Waals surface area (Å²) >= 11 is 0. The maximum Gasteiger partial charge on any atom is 0.281 e. The normalized spacial score (nSPS) is 16.9. The summed E-state index contributed by atoms with van der Waals surface area (Å²) in [6, 6.07) is 5.44. The van der Waals surface area contributed by atoms with Gasteiger partial charge in [0.15, 0.2) is 0 Å². The van der Waals surface area contributed by atoms with Crippen LogP contribution in [0.2, 0.25) is 0 Å². The topological polar surface area (TPSA) is 78.8 Å². The van der Waals surface area contributed by atoms with E-state index in [1.807, 2.05) is 17.7 Å². The van der Waals surface area contributed by atoms with Crippen LogP contribution >= 0.6 is 0 Å². The summed E-state index contributed by atoms with van der Waals surface area (Å²) in [7, 11) is 1.50. The second-order valence-corrected chi connectivity index (χ2v) is 8.18. The molecule has 8 nitrogen and oxygen atoms in total. The Balaban J connectivity index is 1.72. The molecule has 0 spiro atoms. The van der Waals surface area contributed by atoms with Crippen LogP contribution in [0.15, 0.2) is 24.5 Å². The monoisotopic (exact) mass is 351 g/mol. The van der Waals surface area contributed by atoms with Gasteiger partial charge in [-0.2, -0.15) is 17.0 Å². The zero-order valence-corrected chi connectivity index (χ0v) is 14.8. The van der Waals surface area contributed by atoms with Crippen molar-refractivity contribution in [2.45, 2.75) is 0 Å². The van der Waals surface area contributed by atoms with E-state index in [1.54, 1.807) is 23.4 Å². The molecule has 1 aromatic carbocycles. The summed E-state index contributed by atoms with van der Waals surface area (Å²) in [6.07, 6.45) is 1.71. The van der Waals surface area contributed by atoms with Gasteiger partial charge in [0.1, 0.15) is 0 Å². The van der Waals surface area contributed by atoms with E-state index in [-0.39, 0.29) is 5.91 Å². The molecule has 1 aliphatic heterocycles.